The number of nitrogens with one attached hydrogen (secondary N) is 1. The molecule has 0 saturated carbocycles. The molecule has 6 nitrogen and oxygen atoms in total. The molecule has 1 heterocycles. The van der Waals surface area contributed by atoms with Gasteiger partial charge in [-0.25, -0.2) is 13.6 Å². The first kappa shape index (κ1) is 24.3. The number of amides is 1. The molecule has 1 amide bonds. The number of carbonyl (C=O) groups is 2. The van der Waals surface area contributed by atoms with Crippen LogP contribution < -0.4 is 5.32 Å². The molecule has 1 aliphatic rings. The van der Waals surface area contributed by atoms with E-state index in [1.807, 2.05) is 0 Å². The first-order valence-electron chi connectivity index (χ1n) is 11.0. The van der Waals surface area contributed by atoms with Gasteiger partial charge in [-0.3, -0.25) is 4.79 Å². The van der Waals surface area contributed by atoms with Crippen molar-refractivity contribution in [1.29, 1.82) is 0 Å². The number of halogens is 2. The molecule has 1 aliphatic heterocycles. The van der Waals surface area contributed by atoms with Crippen LogP contribution in [-0.4, -0.2) is 27.7 Å². The lowest BCUT2D eigenvalue weighted by molar-refractivity contribution is -0.136. The number of rotatable bonds is 7. The van der Waals surface area contributed by atoms with Crippen LogP contribution in [0, 0.1) is 11.6 Å². The molecule has 0 radical (unpaired) electrons. The van der Waals surface area contributed by atoms with E-state index in [2.05, 4.69) is 5.32 Å². The first-order valence-corrected chi connectivity index (χ1v) is 11.0. The normalized spacial score (nSPS) is 14.7. The van der Waals surface area contributed by atoms with Gasteiger partial charge in [0, 0.05) is 23.2 Å². The summed E-state index contributed by atoms with van der Waals surface area (Å²) in [7, 11) is 0. The summed E-state index contributed by atoms with van der Waals surface area (Å²) in [6.45, 7) is 3.42. The Balaban J connectivity index is 1.67. The van der Waals surface area contributed by atoms with Crippen molar-refractivity contribution in [3.8, 4) is 5.75 Å². The van der Waals surface area contributed by atoms with Gasteiger partial charge < -0.3 is 20.3 Å². The molecule has 0 spiro atoms. The van der Waals surface area contributed by atoms with Gasteiger partial charge in [-0.2, -0.15) is 0 Å². The number of phenolic OH excluding ortho intramolecular Hbond substituents is 1. The number of anilines is 1. The van der Waals surface area contributed by atoms with Crippen molar-refractivity contribution >= 4 is 17.6 Å². The molecule has 1 unspecified atom stereocenters. The van der Waals surface area contributed by atoms with Crippen molar-refractivity contribution in [1.82, 2.24) is 0 Å². The van der Waals surface area contributed by atoms with Crippen LogP contribution in [0.2, 0.25) is 0 Å². The van der Waals surface area contributed by atoms with Crippen molar-refractivity contribution in [2.24, 2.45) is 0 Å². The van der Waals surface area contributed by atoms with Crippen LogP contribution in [-0.2, 0) is 28.0 Å². The fraction of sp³-hybridized carbons (Fsp3) is 0.259. The number of hydrogen-bond donors (Lipinski definition) is 3. The van der Waals surface area contributed by atoms with E-state index in [1.54, 1.807) is 26.0 Å². The van der Waals surface area contributed by atoms with Crippen molar-refractivity contribution in [3.63, 3.8) is 0 Å². The Morgan fingerprint density at radius 3 is 2.54 bits per heavy atom. The van der Waals surface area contributed by atoms with Crippen molar-refractivity contribution in [2.75, 3.05) is 5.32 Å². The summed E-state index contributed by atoms with van der Waals surface area (Å²) >= 11 is 0. The maximum atomic E-state index is 14.0. The fourth-order valence-electron chi connectivity index (χ4n) is 4.54. The molecule has 3 aromatic rings. The minimum atomic E-state index is -2.07. The third-order valence-electron chi connectivity index (χ3n) is 6.17. The van der Waals surface area contributed by atoms with E-state index < -0.39 is 34.5 Å². The number of benzene rings is 3. The summed E-state index contributed by atoms with van der Waals surface area (Å²) in [5.41, 5.74) is -1.17. The SMILES string of the molecule is CC(C)(CC(O)(Cc1cccc(F)c1)C(=O)Nc1ccc2c(c1)COC2=O)c1cc(F)ccc1O. The van der Waals surface area contributed by atoms with Gasteiger partial charge in [0.15, 0.2) is 0 Å². The molecule has 3 aromatic carbocycles. The van der Waals surface area contributed by atoms with E-state index in [1.165, 1.54) is 36.4 Å². The molecular formula is C27H25F2NO5. The maximum absolute atomic E-state index is 14.0. The number of fused-ring (bicyclic) bond motifs is 1. The minimum absolute atomic E-state index is 0.0807. The maximum Gasteiger partial charge on any atom is 0.338 e. The Morgan fingerprint density at radius 2 is 1.80 bits per heavy atom. The van der Waals surface area contributed by atoms with Crippen LogP contribution >= 0.6 is 0 Å². The van der Waals surface area contributed by atoms with E-state index in [9.17, 15) is 28.6 Å². The lowest BCUT2D eigenvalue weighted by Crippen LogP contribution is -2.49. The molecule has 0 saturated heterocycles. The predicted octanol–water partition coefficient (Wildman–Crippen LogP) is 4.62. The number of phenols is 1. The number of ether oxygens (including phenoxy) is 1. The molecule has 1 atom stereocenters. The van der Waals surface area contributed by atoms with Crippen molar-refractivity contribution in [2.45, 2.75) is 44.3 Å². The molecule has 35 heavy (non-hydrogen) atoms. The van der Waals surface area contributed by atoms with Gasteiger partial charge in [0.2, 0.25) is 0 Å². The second-order valence-corrected chi connectivity index (χ2v) is 9.46. The van der Waals surface area contributed by atoms with Crippen LogP contribution in [0.1, 0.15) is 47.3 Å². The van der Waals surface area contributed by atoms with E-state index in [-0.39, 0.29) is 30.8 Å². The Hall–Kier alpha value is -3.78. The smallest absolute Gasteiger partial charge is 0.338 e. The van der Waals surface area contributed by atoms with Gasteiger partial charge in [-0.15, -0.1) is 0 Å². The fourth-order valence-corrected chi connectivity index (χ4v) is 4.54. The Morgan fingerprint density at radius 1 is 1.06 bits per heavy atom. The van der Waals surface area contributed by atoms with E-state index in [4.69, 9.17) is 4.74 Å². The first-order chi connectivity index (χ1) is 16.5. The number of cyclic esters (lactones) is 1. The van der Waals surface area contributed by atoms with Crippen LogP contribution in [0.5, 0.6) is 5.75 Å². The summed E-state index contributed by atoms with van der Waals surface area (Å²) in [5, 5.41) is 24.7. The molecule has 0 fully saturated rings. The number of hydrogen-bond acceptors (Lipinski definition) is 5. The zero-order chi connectivity index (χ0) is 25.4. The van der Waals surface area contributed by atoms with Gasteiger partial charge in [-0.05, 0) is 65.9 Å². The van der Waals surface area contributed by atoms with Gasteiger partial charge >= 0.3 is 5.97 Å². The quantitative estimate of drug-likeness (QED) is 0.428. The van der Waals surface area contributed by atoms with Crippen LogP contribution in [0.4, 0.5) is 14.5 Å². The largest absolute Gasteiger partial charge is 0.508 e. The van der Waals surface area contributed by atoms with Gasteiger partial charge in [0.05, 0.1) is 5.56 Å². The Kier molecular flexibility index (Phi) is 6.34. The molecule has 4 rings (SSSR count). The standard InChI is InChI=1S/C27H25F2NO5/c1-26(2,22-12-19(29)6-9-23(22)31)15-27(34,13-16-4-3-5-18(28)10-16)25(33)30-20-7-8-21-17(11-20)14-35-24(21)32/h3-12,31,34H,13-15H2,1-2H3,(H,30,33). The molecule has 182 valence electrons. The van der Waals surface area contributed by atoms with Crippen molar-refractivity contribution < 1.29 is 33.3 Å². The number of aliphatic hydroxyl groups is 1. The highest BCUT2D eigenvalue weighted by atomic mass is 19.1. The molecule has 3 N–H and O–H groups in total. The summed E-state index contributed by atoms with van der Waals surface area (Å²) in [6.07, 6.45) is -0.450. The zero-order valence-corrected chi connectivity index (χ0v) is 19.3. The van der Waals surface area contributed by atoms with Gasteiger partial charge in [0.1, 0.15) is 29.6 Å². The van der Waals surface area contributed by atoms with Crippen molar-refractivity contribution in [3.05, 3.63) is 94.6 Å². The van der Waals surface area contributed by atoms with E-state index in [0.29, 0.717) is 22.4 Å². The molecule has 0 bridgehead atoms. The zero-order valence-electron chi connectivity index (χ0n) is 19.3. The highest BCUT2D eigenvalue weighted by Crippen LogP contribution is 2.39. The van der Waals surface area contributed by atoms with Gasteiger partial charge in [-0.1, -0.05) is 26.0 Å². The average Bonchev–Trinajstić information content (AvgIpc) is 3.15. The molecule has 0 aromatic heterocycles. The Bertz CT molecular complexity index is 1310. The summed E-state index contributed by atoms with van der Waals surface area (Å²) in [6, 6.07) is 13.7. The van der Waals surface area contributed by atoms with Gasteiger partial charge in [0.25, 0.3) is 5.91 Å². The number of carbonyl (C=O) groups excluding carboxylic acids is 2. The third-order valence-corrected chi connectivity index (χ3v) is 6.17. The predicted molar refractivity (Wildman–Crippen MR) is 125 cm³/mol. The summed E-state index contributed by atoms with van der Waals surface area (Å²) in [4.78, 5) is 25.2. The van der Waals surface area contributed by atoms with Crippen LogP contribution in [0.15, 0.2) is 60.7 Å². The molecular weight excluding hydrogens is 456 g/mol. The van der Waals surface area contributed by atoms with Crippen LogP contribution in [0.3, 0.4) is 0 Å². The number of aromatic hydroxyl groups is 1. The highest BCUT2D eigenvalue weighted by molar-refractivity contribution is 5.99. The third kappa shape index (κ3) is 5.17. The second kappa shape index (κ2) is 9.11. The van der Waals surface area contributed by atoms with Crippen LogP contribution in [0.25, 0.3) is 0 Å². The minimum Gasteiger partial charge on any atom is -0.508 e. The molecule has 0 aliphatic carbocycles. The average molecular weight is 481 g/mol. The van der Waals surface area contributed by atoms with E-state index >= 15 is 0 Å². The monoisotopic (exact) mass is 481 g/mol. The summed E-state index contributed by atoms with van der Waals surface area (Å²) < 4.78 is 32.8. The number of esters is 1. The summed E-state index contributed by atoms with van der Waals surface area (Å²) in [5.74, 6) is -2.48. The highest BCUT2D eigenvalue weighted by Gasteiger charge is 2.43. The topological polar surface area (TPSA) is 95.9 Å². The van der Waals surface area contributed by atoms with E-state index in [0.717, 1.165) is 12.1 Å². The second-order valence-electron chi connectivity index (χ2n) is 9.46. The lowest BCUT2D eigenvalue weighted by Gasteiger charge is -2.36. The molecule has 8 heteroatoms. The Labute approximate surface area is 201 Å². The lowest BCUT2D eigenvalue weighted by atomic mass is 9.72.